The smallest absolute Gasteiger partial charge is 0.148 e. The van der Waals surface area contributed by atoms with Gasteiger partial charge in [0, 0.05) is 30.4 Å². The normalized spacial score (nSPS) is 12.1. The first-order valence-corrected chi connectivity index (χ1v) is 6.39. The zero-order valence-electron chi connectivity index (χ0n) is 12.5. The lowest BCUT2D eigenvalue weighted by Gasteiger charge is -2.17. The third-order valence-corrected chi connectivity index (χ3v) is 3.27. The highest BCUT2D eigenvalue weighted by molar-refractivity contribution is 5.58. The average molecular weight is 276 g/mol. The van der Waals surface area contributed by atoms with E-state index in [4.69, 9.17) is 9.47 Å². The summed E-state index contributed by atoms with van der Waals surface area (Å²) in [5.74, 6) is 2.44. The van der Waals surface area contributed by atoms with Crippen LogP contribution in [0.5, 0.6) is 11.5 Å². The van der Waals surface area contributed by atoms with E-state index in [-0.39, 0.29) is 6.04 Å². The highest BCUT2D eigenvalue weighted by atomic mass is 16.5. The molecule has 1 unspecified atom stereocenters. The van der Waals surface area contributed by atoms with Gasteiger partial charge in [-0.1, -0.05) is 0 Å². The number of hydrogen-bond acceptors (Lipinski definition) is 5. The molecule has 1 aromatic heterocycles. The van der Waals surface area contributed by atoms with Crippen LogP contribution in [-0.2, 0) is 7.05 Å². The number of aromatic nitrogens is 3. The molecule has 0 aliphatic carbocycles. The number of rotatable bonds is 5. The average Bonchev–Trinajstić information content (AvgIpc) is 2.86. The van der Waals surface area contributed by atoms with Gasteiger partial charge in [0.25, 0.3) is 0 Å². The predicted octanol–water partition coefficient (Wildman–Crippen LogP) is 2.31. The van der Waals surface area contributed by atoms with E-state index >= 15 is 0 Å². The Kier molecular flexibility index (Phi) is 4.12. The number of aryl methyl sites for hydroxylation is 1. The molecule has 0 amide bonds. The van der Waals surface area contributed by atoms with E-state index in [9.17, 15) is 0 Å². The molecule has 20 heavy (non-hydrogen) atoms. The summed E-state index contributed by atoms with van der Waals surface area (Å²) in [6.07, 6.45) is 1.55. The maximum atomic E-state index is 5.37. The van der Waals surface area contributed by atoms with Crippen LogP contribution in [0, 0.1) is 6.92 Å². The predicted molar refractivity (Wildman–Crippen MR) is 77.3 cm³/mol. The molecule has 0 aliphatic heterocycles. The molecule has 0 saturated carbocycles. The van der Waals surface area contributed by atoms with Gasteiger partial charge in [0.1, 0.15) is 23.7 Å². The number of ether oxygens (including phenoxy) is 2. The minimum atomic E-state index is 0.0274. The van der Waals surface area contributed by atoms with Crippen LogP contribution in [-0.4, -0.2) is 29.0 Å². The molecule has 0 bridgehead atoms. The molecule has 0 radical (unpaired) electrons. The van der Waals surface area contributed by atoms with E-state index < -0.39 is 0 Å². The van der Waals surface area contributed by atoms with E-state index in [0.29, 0.717) is 0 Å². The van der Waals surface area contributed by atoms with E-state index in [1.54, 1.807) is 25.2 Å². The lowest BCUT2D eigenvalue weighted by molar-refractivity contribution is 0.389. The maximum Gasteiger partial charge on any atom is 0.148 e. The first-order valence-electron chi connectivity index (χ1n) is 6.39. The van der Waals surface area contributed by atoms with Crippen LogP contribution in [0.15, 0.2) is 18.5 Å². The molecule has 0 fully saturated rings. The van der Waals surface area contributed by atoms with Crippen molar-refractivity contribution in [1.82, 2.24) is 14.8 Å². The molecule has 1 aromatic carbocycles. The van der Waals surface area contributed by atoms with Gasteiger partial charge >= 0.3 is 0 Å². The number of nitrogens with zero attached hydrogens (tertiary/aromatic N) is 3. The molecule has 2 rings (SSSR count). The number of nitrogens with one attached hydrogen (secondary N) is 1. The second kappa shape index (κ2) is 5.81. The Morgan fingerprint density at radius 2 is 1.80 bits per heavy atom. The van der Waals surface area contributed by atoms with Gasteiger partial charge in [-0.2, -0.15) is 5.10 Å². The SMILES string of the molecule is COc1cc(NC(C)c2ncnn2C)cc(OC)c1C. The second-order valence-corrected chi connectivity index (χ2v) is 4.61. The minimum absolute atomic E-state index is 0.0274. The van der Waals surface area contributed by atoms with Crippen molar-refractivity contribution in [2.75, 3.05) is 19.5 Å². The Morgan fingerprint density at radius 1 is 1.20 bits per heavy atom. The van der Waals surface area contributed by atoms with Gasteiger partial charge in [-0.3, -0.25) is 4.68 Å². The van der Waals surface area contributed by atoms with Crippen molar-refractivity contribution in [2.45, 2.75) is 19.9 Å². The summed E-state index contributed by atoms with van der Waals surface area (Å²) in [5, 5.41) is 7.46. The number of benzene rings is 1. The minimum Gasteiger partial charge on any atom is -0.496 e. The van der Waals surface area contributed by atoms with Crippen molar-refractivity contribution in [3.05, 3.63) is 29.8 Å². The van der Waals surface area contributed by atoms with E-state index in [1.807, 2.05) is 33.0 Å². The summed E-state index contributed by atoms with van der Waals surface area (Å²) in [5.41, 5.74) is 1.90. The van der Waals surface area contributed by atoms with Gasteiger partial charge in [0.2, 0.25) is 0 Å². The molecular weight excluding hydrogens is 256 g/mol. The van der Waals surface area contributed by atoms with Crippen molar-refractivity contribution in [2.24, 2.45) is 7.05 Å². The molecule has 108 valence electrons. The quantitative estimate of drug-likeness (QED) is 0.908. The Bertz CT molecular complexity index is 570. The first kappa shape index (κ1) is 14.2. The number of hydrogen-bond donors (Lipinski definition) is 1. The van der Waals surface area contributed by atoms with E-state index in [2.05, 4.69) is 15.4 Å². The third kappa shape index (κ3) is 2.68. The molecule has 1 atom stereocenters. The summed E-state index contributed by atoms with van der Waals surface area (Å²) >= 11 is 0. The van der Waals surface area contributed by atoms with Crippen LogP contribution in [0.2, 0.25) is 0 Å². The highest BCUT2D eigenvalue weighted by Gasteiger charge is 2.14. The molecule has 6 heteroatoms. The fourth-order valence-corrected chi connectivity index (χ4v) is 2.18. The summed E-state index contributed by atoms with van der Waals surface area (Å²) in [6.45, 7) is 4.00. The zero-order valence-corrected chi connectivity index (χ0v) is 12.5. The van der Waals surface area contributed by atoms with Crippen LogP contribution in [0.25, 0.3) is 0 Å². The van der Waals surface area contributed by atoms with Crippen LogP contribution < -0.4 is 14.8 Å². The van der Waals surface area contributed by atoms with Gasteiger partial charge in [-0.15, -0.1) is 0 Å². The fourth-order valence-electron chi connectivity index (χ4n) is 2.18. The third-order valence-electron chi connectivity index (χ3n) is 3.27. The second-order valence-electron chi connectivity index (χ2n) is 4.61. The van der Waals surface area contributed by atoms with Crippen LogP contribution in [0.3, 0.4) is 0 Å². The maximum absolute atomic E-state index is 5.37. The van der Waals surface area contributed by atoms with Gasteiger partial charge in [-0.25, -0.2) is 4.98 Å². The Balaban J connectivity index is 2.27. The fraction of sp³-hybridized carbons (Fsp3) is 0.429. The van der Waals surface area contributed by atoms with Crippen molar-refractivity contribution in [3.8, 4) is 11.5 Å². The molecular formula is C14H20N4O2. The standard InChI is InChI=1S/C14H20N4O2/c1-9-12(19-4)6-11(7-13(9)20-5)17-10(2)14-15-8-16-18(14)3/h6-8,10,17H,1-5H3. The Labute approximate surface area is 118 Å². The van der Waals surface area contributed by atoms with Crippen LogP contribution >= 0.6 is 0 Å². The van der Waals surface area contributed by atoms with Crippen molar-refractivity contribution in [3.63, 3.8) is 0 Å². The van der Waals surface area contributed by atoms with Crippen LogP contribution in [0.1, 0.15) is 24.4 Å². The topological polar surface area (TPSA) is 61.2 Å². The first-order chi connectivity index (χ1) is 9.56. The van der Waals surface area contributed by atoms with Gasteiger partial charge in [0.05, 0.1) is 20.3 Å². The summed E-state index contributed by atoms with van der Waals surface area (Å²) in [6, 6.07) is 3.93. The Hall–Kier alpha value is -2.24. The summed E-state index contributed by atoms with van der Waals surface area (Å²) < 4.78 is 12.5. The molecule has 1 N–H and O–H groups in total. The summed E-state index contributed by atoms with van der Waals surface area (Å²) in [7, 11) is 5.17. The van der Waals surface area contributed by atoms with Crippen molar-refractivity contribution < 1.29 is 9.47 Å². The summed E-state index contributed by atoms with van der Waals surface area (Å²) in [4.78, 5) is 4.24. The molecule has 0 aliphatic rings. The lowest BCUT2D eigenvalue weighted by Crippen LogP contribution is -2.13. The Morgan fingerprint density at radius 3 is 2.25 bits per heavy atom. The monoisotopic (exact) mass is 276 g/mol. The van der Waals surface area contributed by atoms with Gasteiger partial charge in [-0.05, 0) is 13.8 Å². The molecule has 2 aromatic rings. The van der Waals surface area contributed by atoms with E-state index in [0.717, 1.165) is 28.6 Å². The van der Waals surface area contributed by atoms with Gasteiger partial charge < -0.3 is 14.8 Å². The molecule has 6 nitrogen and oxygen atoms in total. The highest BCUT2D eigenvalue weighted by Crippen LogP contribution is 2.33. The largest absolute Gasteiger partial charge is 0.496 e. The lowest BCUT2D eigenvalue weighted by atomic mass is 10.1. The number of methoxy groups -OCH3 is 2. The van der Waals surface area contributed by atoms with Crippen LogP contribution in [0.4, 0.5) is 5.69 Å². The molecule has 1 heterocycles. The van der Waals surface area contributed by atoms with E-state index in [1.165, 1.54) is 0 Å². The molecule has 0 spiro atoms. The number of anilines is 1. The van der Waals surface area contributed by atoms with Gasteiger partial charge in [0.15, 0.2) is 0 Å². The molecule has 0 saturated heterocycles. The van der Waals surface area contributed by atoms with Crippen molar-refractivity contribution >= 4 is 5.69 Å². The van der Waals surface area contributed by atoms with Crippen molar-refractivity contribution in [1.29, 1.82) is 0 Å². The zero-order chi connectivity index (χ0) is 14.7.